The number of hydrogen-bond donors (Lipinski definition) is 8. The number of carbonyl (C=O) groups is 9. The second-order valence-corrected chi connectivity index (χ2v) is 33.5. The monoisotopic (exact) mass is 1520 g/mol. The molecule has 31 heteroatoms. The number of pyridine rings is 1. The molecule has 10 N–H and O–H groups in total. The number of carboxylic acid groups (broad SMARTS) is 1. The fourth-order valence-corrected chi connectivity index (χ4v) is 18.9. The van der Waals surface area contributed by atoms with Gasteiger partial charge in [0, 0.05) is 106 Å². The quantitative estimate of drug-likeness (QED) is 0.0104. The lowest BCUT2D eigenvalue weighted by atomic mass is 9.39. The number of hydrogen-bond acceptors (Lipinski definition) is 19. The van der Waals surface area contributed by atoms with Crippen molar-refractivity contribution in [2.75, 3.05) is 73.8 Å². The number of nitrogens with one attached hydrogen (secondary N) is 4. The molecule has 578 valence electrons. The van der Waals surface area contributed by atoms with Crippen molar-refractivity contribution < 1.29 is 70.7 Å². The smallest absolute Gasteiger partial charge is 0.409 e. The number of carbonyl (C=O) groups excluding carboxylic acids is 8. The van der Waals surface area contributed by atoms with Gasteiger partial charge in [0.15, 0.2) is 10.8 Å². The normalized spacial score (nSPS) is 20.6. The predicted octanol–water partition coefficient (Wildman–Crippen LogP) is 8.45. The van der Waals surface area contributed by atoms with Crippen molar-refractivity contribution in [3.05, 3.63) is 130 Å². The summed E-state index contributed by atoms with van der Waals surface area (Å²) in [5.74, 6) is -4.59. The highest BCUT2D eigenvalue weighted by molar-refractivity contribution is 7.85. The number of primary amides is 2. The summed E-state index contributed by atoms with van der Waals surface area (Å²) < 4.78 is 47.2. The molecular weight excluding hydrogens is 1430 g/mol. The van der Waals surface area contributed by atoms with Crippen LogP contribution < -0.4 is 42.5 Å². The Balaban J connectivity index is 0.739. The van der Waals surface area contributed by atoms with Crippen LogP contribution in [0.1, 0.15) is 160 Å². The number of carboxylic acids is 1. The molecule has 0 radical (unpaired) electrons. The third kappa shape index (κ3) is 19.2. The Labute approximate surface area is 632 Å². The lowest BCUT2D eigenvalue weighted by molar-refractivity contribution is -0.247. The van der Waals surface area contributed by atoms with Gasteiger partial charge in [-0.2, -0.15) is 13.5 Å². The molecule has 12 rings (SSSR count). The molecule has 2 unspecified atom stereocenters. The fourth-order valence-electron chi connectivity index (χ4n) is 17.7. The molecule has 3 aromatic carbocycles. The standard InChI is InChI=1S/C77H98N14O15S2/c1-48(2)65(85-62(92)18-8-7-11-32-89-63(93)25-26-64(89)94)69(97)91(59(67(78)95)16-12-28-81-71(79)100)53-21-19-50(20-22-53)40-105-73(101)87(6)31-13-14-51-36-52-27-33-88(39-57(52)55(37-51)68(96)86-72-83-58-15-9-10-17-60(58)107-72)61-24-23-54(66(84-61)70(98)99)56-38-82-90(49(56)3)47-76-42-74(4)41-75(5,43-76)45-77(44-74,46-76)106-34-29-80-30-35-108(102,103)104/h9-10,15,17,19-26,36-38,48,59,65,80H,7-8,11-14,16,18,27-35,39-47H2,1-6H3,(H2,78,95)(H,85,92)(H,98,99)(H3,79,81,100)(H,83,86,96)(H,102,103,104)/t59-,65-,74?,75?,76?,77?/m0/s1. The van der Waals surface area contributed by atoms with E-state index < -0.39 is 63.9 Å². The van der Waals surface area contributed by atoms with Gasteiger partial charge in [-0.25, -0.2) is 24.4 Å². The maximum absolute atomic E-state index is 14.7. The van der Waals surface area contributed by atoms with Crippen molar-refractivity contribution in [2.24, 2.45) is 33.6 Å². The Morgan fingerprint density at radius 2 is 1.56 bits per heavy atom. The molecule has 4 fully saturated rings. The van der Waals surface area contributed by atoms with Crippen molar-refractivity contribution in [2.45, 2.75) is 168 Å². The van der Waals surface area contributed by atoms with Crippen molar-refractivity contribution >= 4 is 102 Å². The van der Waals surface area contributed by atoms with E-state index in [-0.39, 0.29) is 115 Å². The van der Waals surface area contributed by atoms with E-state index in [1.165, 1.54) is 33.3 Å². The first-order chi connectivity index (χ1) is 51.3. The number of thiazole rings is 1. The molecule has 0 saturated heterocycles. The van der Waals surface area contributed by atoms with E-state index >= 15 is 0 Å². The van der Waals surface area contributed by atoms with Gasteiger partial charge in [-0.05, 0) is 177 Å². The van der Waals surface area contributed by atoms with Gasteiger partial charge < -0.3 is 51.8 Å². The number of amides is 9. The van der Waals surface area contributed by atoms with Crippen LogP contribution in [0.2, 0.25) is 0 Å². The number of benzene rings is 3. The molecular formula is C77H98N14O15S2. The first kappa shape index (κ1) is 79.4. The second-order valence-electron chi connectivity index (χ2n) is 30.9. The van der Waals surface area contributed by atoms with E-state index in [0.29, 0.717) is 98.0 Å². The van der Waals surface area contributed by atoms with Crippen molar-refractivity contribution in [1.29, 1.82) is 0 Å². The minimum atomic E-state index is -4.07. The summed E-state index contributed by atoms with van der Waals surface area (Å²) in [6, 6.07) is 18.5. The van der Waals surface area contributed by atoms with Crippen LogP contribution in [-0.4, -0.2) is 178 Å². The number of urea groups is 1. The lowest BCUT2D eigenvalue weighted by Gasteiger charge is -2.69. The number of nitrogens with two attached hydrogens (primary N) is 2. The SMILES string of the molecule is Cc1c(-c2ccc(N3CCc4cc(CCCN(C)C(=O)OCc5ccc(N(C(=O)[C@@H](NC(=O)CCCCCN6C(=O)C=CC6=O)C(C)C)[C@@H](CCCNC(N)=O)C(N)=O)cc5)cc(C(=O)Nc5nc6ccccc6s5)c4C3)nc2C(=O)O)cnn1CC12CC3(C)CC(C)(C1)CC(OCCNCCS(=O)(=O)O)(C3)C2. The first-order valence-electron chi connectivity index (χ1n) is 36.9. The molecule has 2 aliphatic heterocycles. The largest absolute Gasteiger partial charge is 0.476 e. The van der Waals surface area contributed by atoms with E-state index in [9.17, 15) is 61.2 Å². The van der Waals surface area contributed by atoms with Crippen LogP contribution in [0.3, 0.4) is 0 Å². The number of anilines is 3. The van der Waals surface area contributed by atoms with Crippen LogP contribution in [0.4, 0.5) is 26.2 Å². The number of aromatic nitrogens is 4. The Kier molecular flexibility index (Phi) is 24.6. The van der Waals surface area contributed by atoms with E-state index in [1.54, 1.807) is 57.4 Å². The van der Waals surface area contributed by atoms with Gasteiger partial charge in [-0.3, -0.25) is 53.1 Å². The zero-order chi connectivity index (χ0) is 77.5. The van der Waals surface area contributed by atoms with E-state index in [0.717, 1.165) is 76.0 Å². The summed E-state index contributed by atoms with van der Waals surface area (Å²) in [5, 5.41) is 27.7. The number of rotatable bonds is 36. The van der Waals surface area contributed by atoms with Crippen LogP contribution in [0, 0.1) is 29.1 Å². The highest BCUT2D eigenvalue weighted by atomic mass is 32.2. The fraction of sp³-hybridized carbons (Fsp3) is 0.506. The van der Waals surface area contributed by atoms with Crippen LogP contribution in [0.25, 0.3) is 21.3 Å². The summed E-state index contributed by atoms with van der Waals surface area (Å²) >= 11 is 1.35. The molecule has 4 atom stereocenters. The van der Waals surface area contributed by atoms with Crippen LogP contribution >= 0.6 is 11.3 Å². The average Bonchev–Trinajstić information content (AvgIpc) is 0.776. The third-order valence-corrected chi connectivity index (χ3v) is 23.1. The van der Waals surface area contributed by atoms with Gasteiger partial charge in [-0.15, -0.1) is 0 Å². The maximum Gasteiger partial charge on any atom is 0.409 e. The molecule has 5 heterocycles. The summed E-state index contributed by atoms with van der Waals surface area (Å²) in [7, 11) is -2.46. The molecule has 9 amide bonds. The Bertz CT molecular complexity index is 4490. The number of aryl methyl sites for hydroxylation is 1. The van der Waals surface area contributed by atoms with Crippen LogP contribution in [-0.2, 0) is 76.1 Å². The summed E-state index contributed by atoms with van der Waals surface area (Å²) in [6.45, 7) is 12.9. The zero-order valence-corrected chi connectivity index (χ0v) is 63.7. The number of unbranched alkanes of at least 4 members (excludes halogenated alkanes) is 2. The predicted molar refractivity (Wildman–Crippen MR) is 406 cm³/mol. The second kappa shape index (κ2) is 33.4. The molecule has 108 heavy (non-hydrogen) atoms. The van der Waals surface area contributed by atoms with Gasteiger partial charge in [0.2, 0.25) is 11.8 Å². The molecule has 6 aromatic rings. The number of nitrogens with zero attached hydrogens (tertiary/aromatic N) is 8. The zero-order valence-electron chi connectivity index (χ0n) is 62.0. The number of para-hydroxylation sites is 1. The Morgan fingerprint density at radius 1 is 0.824 bits per heavy atom. The number of aromatic carboxylic acids is 1. The number of imide groups is 1. The third-order valence-electron chi connectivity index (χ3n) is 21.4. The molecule has 4 aliphatic carbocycles. The Morgan fingerprint density at radius 3 is 2.24 bits per heavy atom. The maximum atomic E-state index is 14.7. The molecule has 0 spiro atoms. The lowest BCUT2D eigenvalue weighted by Crippen LogP contribution is -2.64. The number of ether oxygens (including phenoxy) is 2. The van der Waals surface area contributed by atoms with E-state index in [2.05, 4.69) is 46.2 Å². The van der Waals surface area contributed by atoms with Crippen molar-refractivity contribution in [3.8, 4) is 11.1 Å². The van der Waals surface area contributed by atoms with Gasteiger partial charge in [0.25, 0.3) is 33.7 Å². The minimum absolute atomic E-state index is 0.0261. The van der Waals surface area contributed by atoms with E-state index in [4.69, 9.17) is 31.0 Å². The topological polar surface area (TPSA) is 403 Å². The molecule has 4 bridgehead atoms. The summed E-state index contributed by atoms with van der Waals surface area (Å²) in [5.41, 5.74) is 17.2. The van der Waals surface area contributed by atoms with Gasteiger partial charge in [0.1, 0.15) is 24.5 Å². The Hall–Kier alpha value is -9.69. The van der Waals surface area contributed by atoms with Gasteiger partial charge in [0.05, 0.1) is 34.4 Å². The van der Waals surface area contributed by atoms with Gasteiger partial charge >= 0.3 is 18.1 Å². The molecule has 29 nitrogen and oxygen atoms in total. The molecule has 4 saturated carbocycles. The van der Waals surface area contributed by atoms with Gasteiger partial charge in [-0.1, -0.05) is 75.8 Å². The van der Waals surface area contributed by atoms with Crippen molar-refractivity contribution in [1.82, 2.24) is 45.5 Å². The average molecular weight is 1520 g/mol. The van der Waals surface area contributed by atoms with E-state index in [1.807, 2.05) is 52.9 Å². The molecule has 3 aromatic heterocycles. The first-order valence-corrected chi connectivity index (χ1v) is 39.3. The minimum Gasteiger partial charge on any atom is -0.476 e. The van der Waals surface area contributed by atoms with Crippen molar-refractivity contribution in [3.63, 3.8) is 0 Å². The van der Waals surface area contributed by atoms with Crippen LogP contribution in [0.15, 0.2) is 91.1 Å². The summed E-state index contributed by atoms with van der Waals surface area (Å²) in [4.78, 5) is 134. The highest BCUT2D eigenvalue weighted by Gasteiger charge is 2.66. The number of fused-ring (bicyclic) bond motifs is 2. The molecule has 6 aliphatic rings. The van der Waals surface area contributed by atoms with Crippen LogP contribution in [0.5, 0.6) is 0 Å². The highest BCUT2D eigenvalue weighted by Crippen LogP contribution is 2.72. The summed E-state index contributed by atoms with van der Waals surface area (Å²) in [6.07, 6.45) is 12.5.